The van der Waals surface area contributed by atoms with E-state index in [1.54, 1.807) is 0 Å². The minimum Gasteiger partial charge on any atom is -0.465 e. The summed E-state index contributed by atoms with van der Waals surface area (Å²) in [4.78, 5) is 47.2. The molecule has 0 atom stereocenters. The maximum atomic E-state index is 12.0. The molecule has 0 saturated carbocycles. The summed E-state index contributed by atoms with van der Waals surface area (Å²) < 4.78 is 9.48. The molecule has 0 heterocycles. The number of hydrogen-bond donors (Lipinski definition) is 2. The second-order valence-electron chi connectivity index (χ2n) is 6.24. The fraction of sp³-hybridized carbons (Fsp3) is 0.238. The van der Waals surface area contributed by atoms with Crippen LogP contribution in [0.2, 0.25) is 0 Å². The Hall–Kier alpha value is -3.68. The molecule has 8 nitrogen and oxygen atoms in total. The lowest BCUT2D eigenvalue weighted by Gasteiger charge is -2.12. The number of anilines is 1. The Morgan fingerprint density at radius 1 is 0.828 bits per heavy atom. The van der Waals surface area contributed by atoms with E-state index in [2.05, 4.69) is 15.4 Å². The third-order valence-corrected chi connectivity index (χ3v) is 4.07. The Morgan fingerprint density at radius 2 is 1.38 bits per heavy atom. The minimum absolute atomic E-state index is 0.179. The molecule has 2 aromatic rings. The van der Waals surface area contributed by atoms with Gasteiger partial charge >= 0.3 is 11.9 Å². The van der Waals surface area contributed by atoms with Gasteiger partial charge in [0.2, 0.25) is 5.91 Å². The number of carbonyl (C=O) groups excluding carboxylic acids is 4. The Bertz CT molecular complexity index is 901. The van der Waals surface area contributed by atoms with E-state index in [4.69, 9.17) is 4.74 Å². The number of aryl methyl sites for hydroxylation is 2. The highest BCUT2D eigenvalue weighted by Gasteiger charge is 2.13. The molecule has 0 aromatic heterocycles. The van der Waals surface area contributed by atoms with Crippen molar-refractivity contribution in [3.63, 3.8) is 0 Å². The summed E-state index contributed by atoms with van der Waals surface area (Å²) in [6.45, 7) is 2.96. The van der Waals surface area contributed by atoms with E-state index in [1.165, 1.54) is 31.4 Å². The molecule has 0 aliphatic rings. The first-order valence-electron chi connectivity index (χ1n) is 8.80. The fourth-order valence-corrected chi connectivity index (χ4v) is 2.50. The number of hydrogen-bond acceptors (Lipinski definition) is 6. The first-order valence-corrected chi connectivity index (χ1v) is 8.80. The van der Waals surface area contributed by atoms with Gasteiger partial charge < -0.3 is 20.1 Å². The molecule has 29 heavy (non-hydrogen) atoms. The summed E-state index contributed by atoms with van der Waals surface area (Å²) in [5.41, 5.74) is 3.00. The van der Waals surface area contributed by atoms with Crippen LogP contribution in [-0.4, -0.2) is 44.0 Å². The van der Waals surface area contributed by atoms with Crippen molar-refractivity contribution in [1.82, 2.24) is 5.32 Å². The number of esters is 2. The molecular formula is C21H22N2O6. The number of benzene rings is 2. The molecule has 0 aliphatic heterocycles. The Labute approximate surface area is 168 Å². The first-order chi connectivity index (χ1) is 13.8. The predicted octanol–water partition coefficient (Wildman–Crippen LogP) is 2.00. The van der Waals surface area contributed by atoms with Gasteiger partial charge in [0, 0.05) is 5.69 Å². The van der Waals surface area contributed by atoms with E-state index in [1.807, 2.05) is 32.0 Å². The van der Waals surface area contributed by atoms with Crippen LogP contribution in [0.4, 0.5) is 5.69 Å². The molecule has 2 rings (SSSR count). The van der Waals surface area contributed by atoms with E-state index < -0.39 is 24.5 Å². The summed E-state index contributed by atoms with van der Waals surface area (Å²) in [6.07, 6.45) is 0. The second-order valence-corrected chi connectivity index (χ2v) is 6.24. The molecule has 0 bridgehead atoms. The highest BCUT2D eigenvalue weighted by Crippen LogP contribution is 2.18. The fourth-order valence-electron chi connectivity index (χ4n) is 2.50. The van der Waals surface area contributed by atoms with Crippen LogP contribution < -0.4 is 10.6 Å². The summed E-state index contributed by atoms with van der Waals surface area (Å²) in [7, 11) is 1.26. The molecule has 0 aliphatic carbocycles. The molecule has 2 amide bonds. The van der Waals surface area contributed by atoms with Gasteiger partial charge in [-0.1, -0.05) is 18.2 Å². The minimum atomic E-state index is -0.725. The van der Waals surface area contributed by atoms with Gasteiger partial charge in [0.25, 0.3) is 5.91 Å². The zero-order chi connectivity index (χ0) is 21.4. The van der Waals surface area contributed by atoms with Crippen molar-refractivity contribution in [2.45, 2.75) is 13.8 Å². The van der Waals surface area contributed by atoms with Crippen LogP contribution in [0.3, 0.4) is 0 Å². The molecule has 2 aromatic carbocycles. The average molecular weight is 398 g/mol. The summed E-state index contributed by atoms with van der Waals surface area (Å²) >= 11 is 0. The molecule has 0 radical (unpaired) electrons. The van der Waals surface area contributed by atoms with Crippen molar-refractivity contribution in [3.8, 4) is 0 Å². The van der Waals surface area contributed by atoms with Gasteiger partial charge in [0.15, 0.2) is 6.61 Å². The number of amides is 2. The zero-order valence-corrected chi connectivity index (χ0v) is 16.4. The van der Waals surface area contributed by atoms with Gasteiger partial charge in [-0.3, -0.25) is 9.59 Å². The largest absolute Gasteiger partial charge is 0.465 e. The Morgan fingerprint density at radius 3 is 1.93 bits per heavy atom. The van der Waals surface area contributed by atoms with Crippen LogP contribution in [0, 0.1) is 13.8 Å². The molecule has 0 unspecified atom stereocenters. The third kappa shape index (κ3) is 6.17. The lowest BCUT2D eigenvalue weighted by atomic mass is 10.1. The molecule has 0 spiro atoms. The molecule has 2 N–H and O–H groups in total. The van der Waals surface area contributed by atoms with Crippen molar-refractivity contribution in [2.24, 2.45) is 0 Å². The summed E-state index contributed by atoms with van der Waals surface area (Å²) in [5, 5.41) is 5.14. The van der Waals surface area contributed by atoms with Gasteiger partial charge in [-0.05, 0) is 49.2 Å². The van der Waals surface area contributed by atoms with Crippen molar-refractivity contribution < 1.29 is 28.7 Å². The summed E-state index contributed by atoms with van der Waals surface area (Å²) in [6, 6.07) is 11.3. The number of carbonyl (C=O) groups is 4. The van der Waals surface area contributed by atoms with Crippen molar-refractivity contribution in [1.29, 1.82) is 0 Å². The predicted molar refractivity (Wildman–Crippen MR) is 106 cm³/mol. The normalized spacial score (nSPS) is 10.0. The van der Waals surface area contributed by atoms with Crippen LogP contribution in [0.5, 0.6) is 0 Å². The quantitative estimate of drug-likeness (QED) is 0.690. The van der Waals surface area contributed by atoms with Crippen molar-refractivity contribution >= 4 is 29.4 Å². The topological polar surface area (TPSA) is 111 Å². The van der Waals surface area contributed by atoms with Gasteiger partial charge in [-0.15, -0.1) is 0 Å². The van der Waals surface area contributed by atoms with Gasteiger partial charge in [-0.25, -0.2) is 9.59 Å². The highest BCUT2D eigenvalue weighted by atomic mass is 16.5. The number of para-hydroxylation sites is 1. The number of ether oxygens (including phenoxy) is 2. The first kappa shape index (κ1) is 21.6. The lowest BCUT2D eigenvalue weighted by molar-refractivity contribution is -0.126. The van der Waals surface area contributed by atoms with E-state index >= 15 is 0 Å². The summed E-state index contributed by atoms with van der Waals surface area (Å²) in [5.74, 6) is -2.25. The standard InChI is InChI=1S/C21H22N2O6/c1-13-5-4-6-14(2)19(13)23-17(24)11-22-18(25)12-29-21(27)16-9-7-15(8-10-16)20(26)28-3/h4-10H,11-12H2,1-3H3,(H,22,25)(H,23,24). The monoisotopic (exact) mass is 398 g/mol. The van der Waals surface area contributed by atoms with Gasteiger partial charge in [0.05, 0.1) is 24.8 Å². The third-order valence-electron chi connectivity index (χ3n) is 4.07. The average Bonchev–Trinajstić information content (AvgIpc) is 2.72. The maximum absolute atomic E-state index is 12.0. The van der Waals surface area contributed by atoms with Crippen LogP contribution in [0.25, 0.3) is 0 Å². The smallest absolute Gasteiger partial charge is 0.338 e. The van der Waals surface area contributed by atoms with Crippen LogP contribution in [0.1, 0.15) is 31.8 Å². The van der Waals surface area contributed by atoms with Crippen molar-refractivity contribution in [2.75, 3.05) is 25.6 Å². The lowest BCUT2D eigenvalue weighted by Crippen LogP contribution is -2.35. The molecule has 0 fully saturated rings. The molecule has 8 heteroatoms. The Balaban J connectivity index is 1.78. The number of rotatable bonds is 7. The maximum Gasteiger partial charge on any atom is 0.338 e. The SMILES string of the molecule is COC(=O)c1ccc(C(=O)OCC(=O)NCC(=O)Nc2c(C)cccc2C)cc1. The molecular weight excluding hydrogens is 376 g/mol. The van der Waals surface area contributed by atoms with Crippen LogP contribution in [-0.2, 0) is 19.1 Å². The van der Waals surface area contributed by atoms with E-state index in [0.29, 0.717) is 5.69 Å². The van der Waals surface area contributed by atoms with E-state index in [9.17, 15) is 19.2 Å². The van der Waals surface area contributed by atoms with Crippen LogP contribution in [0.15, 0.2) is 42.5 Å². The van der Waals surface area contributed by atoms with Crippen LogP contribution >= 0.6 is 0 Å². The zero-order valence-electron chi connectivity index (χ0n) is 16.4. The van der Waals surface area contributed by atoms with E-state index in [-0.39, 0.29) is 23.6 Å². The van der Waals surface area contributed by atoms with Crippen molar-refractivity contribution in [3.05, 3.63) is 64.7 Å². The van der Waals surface area contributed by atoms with E-state index in [0.717, 1.165) is 11.1 Å². The second kappa shape index (κ2) is 10.0. The molecule has 152 valence electrons. The van der Waals surface area contributed by atoms with Gasteiger partial charge in [-0.2, -0.15) is 0 Å². The number of methoxy groups -OCH3 is 1. The Kier molecular flexibility index (Phi) is 7.47. The van der Waals surface area contributed by atoms with Gasteiger partial charge in [0.1, 0.15) is 0 Å². The number of nitrogens with one attached hydrogen (secondary N) is 2. The molecule has 0 saturated heterocycles. The highest BCUT2D eigenvalue weighted by molar-refractivity contribution is 5.97.